The third-order valence-corrected chi connectivity index (χ3v) is 3.24. The Kier molecular flexibility index (Phi) is 6.26. The van der Waals surface area contributed by atoms with Crippen molar-refractivity contribution in [2.24, 2.45) is 0 Å². The number of alkyl halides is 3. The number of benzene rings is 1. The zero-order valence-corrected chi connectivity index (χ0v) is 13.9. The fraction of sp³-hybridized carbons (Fsp3) is 0.294. The summed E-state index contributed by atoms with van der Waals surface area (Å²) in [6, 6.07) is 6.90. The van der Waals surface area contributed by atoms with E-state index in [1.807, 2.05) is 0 Å². The van der Waals surface area contributed by atoms with E-state index >= 15 is 0 Å². The Hall–Kier alpha value is -2.97. The van der Waals surface area contributed by atoms with Crippen LogP contribution in [0.1, 0.15) is 23.0 Å². The van der Waals surface area contributed by atoms with Crippen LogP contribution >= 0.6 is 0 Å². The largest absolute Gasteiger partial charge is 0.458 e. The molecule has 0 fully saturated rings. The predicted octanol–water partition coefficient (Wildman–Crippen LogP) is 3.44. The van der Waals surface area contributed by atoms with Gasteiger partial charge < -0.3 is 19.8 Å². The van der Waals surface area contributed by atoms with Gasteiger partial charge >= 0.3 is 18.2 Å². The van der Waals surface area contributed by atoms with E-state index in [1.165, 1.54) is 24.3 Å². The maximum Gasteiger partial charge on any atom is 0.416 e. The molecular weight excluding hydrogens is 353 g/mol. The van der Waals surface area contributed by atoms with E-state index in [9.17, 15) is 22.8 Å². The molecule has 140 valence electrons. The second-order valence-corrected chi connectivity index (χ2v) is 5.16. The van der Waals surface area contributed by atoms with Crippen LogP contribution in [-0.4, -0.2) is 31.7 Å². The van der Waals surface area contributed by atoms with Crippen LogP contribution in [0.4, 0.5) is 18.0 Å². The molecule has 0 aliphatic heterocycles. The Labute approximate surface area is 147 Å². The minimum absolute atomic E-state index is 0.0738. The van der Waals surface area contributed by atoms with Gasteiger partial charge in [0, 0.05) is 12.1 Å². The van der Waals surface area contributed by atoms with Crippen molar-refractivity contribution in [1.29, 1.82) is 0 Å². The zero-order chi connectivity index (χ0) is 19.2. The van der Waals surface area contributed by atoms with Gasteiger partial charge in [-0.3, -0.25) is 0 Å². The standard InChI is InChI=1S/C17H17F3N2O4/c1-2-21-16(24)22-8-9-25-15(23)14-7-6-13(26-14)11-4-3-5-12(10-11)17(18,19)20/h3-7,10H,2,8-9H2,1H3,(H2,21,22,24). The quantitative estimate of drug-likeness (QED) is 0.603. The number of rotatable bonds is 6. The minimum Gasteiger partial charge on any atom is -0.458 e. The summed E-state index contributed by atoms with van der Waals surface area (Å²) in [5.74, 6) is -0.806. The van der Waals surface area contributed by atoms with Gasteiger partial charge in [-0.2, -0.15) is 13.2 Å². The summed E-state index contributed by atoms with van der Waals surface area (Å²) in [5.41, 5.74) is -0.622. The number of ether oxygens (including phenoxy) is 1. The zero-order valence-electron chi connectivity index (χ0n) is 13.9. The summed E-state index contributed by atoms with van der Waals surface area (Å²) >= 11 is 0. The number of urea groups is 1. The fourth-order valence-electron chi connectivity index (χ4n) is 2.05. The molecule has 0 radical (unpaired) electrons. The SMILES string of the molecule is CCNC(=O)NCCOC(=O)c1ccc(-c2cccc(C(F)(F)F)c2)o1. The lowest BCUT2D eigenvalue weighted by atomic mass is 10.1. The number of halogens is 3. The van der Waals surface area contributed by atoms with Gasteiger partial charge in [0.05, 0.1) is 12.1 Å². The first-order valence-corrected chi connectivity index (χ1v) is 7.77. The van der Waals surface area contributed by atoms with Crippen molar-refractivity contribution in [2.45, 2.75) is 13.1 Å². The van der Waals surface area contributed by atoms with Crippen molar-refractivity contribution in [3.63, 3.8) is 0 Å². The Morgan fingerprint density at radius 1 is 1.15 bits per heavy atom. The minimum atomic E-state index is -4.47. The average Bonchev–Trinajstić information content (AvgIpc) is 3.08. The molecule has 0 unspecified atom stereocenters. The number of nitrogens with one attached hydrogen (secondary N) is 2. The number of carbonyl (C=O) groups excluding carboxylic acids is 2. The van der Waals surface area contributed by atoms with Crippen molar-refractivity contribution in [1.82, 2.24) is 10.6 Å². The van der Waals surface area contributed by atoms with Crippen molar-refractivity contribution in [3.05, 3.63) is 47.7 Å². The fourth-order valence-corrected chi connectivity index (χ4v) is 2.05. The number of esters is 1. The highest BCUT2D eigenvalue weighted by molar-refractivity contribution is 5.87. The van der Waals surface area contributed by atoms with E-state index in [0.717, 1.165) is 12.1 Å². The van der Waals surface area contributed by atoms with Crippen LogP contribution in [0.2, 0.25) is 0 Å². The van der Waals surface area contributed by atoms with Crippen LogP contribution in [-0.2, 0) is 10.9 Å². The highest BCUT2D eigenvalue weighted by Gasteiger charge is 2.30. The van der Waals surface area contributed by atoms with Gasteiger partial charge in [-0.1, -0.05) is 12.1 Å². The monoisotopic (exact) mass is 370 g/mol. The van der Waals surface area contributed by atoms with E-state index in [-0.39, 0.29) is 36.3 Å². The molecule has 2 N–H and O–H groups in total. The Morgan fingerprint density at radius 2 is 1.92 bits per heavy atom. The van der Waals surface area contributed by atoms with Crippen molar-refractivity contribution in [3.8, 4) is 11.3 Å². The predicted molar refractivity (Wildman–Crippen MR) is 86.5 cm³/mol. The van der Waals surface area contributed by atoms with E-state index in [2.05, 4.69) is 10.6 Å². The average molecular weight is 370 g/mol. The molecular formula is C17H17F3N2O4. The first kappa shape index (κ1) is 19.4. The maximum absolute atomic E-state index is 12.8. The maximum atomic E-state index is 12.8. The van der Waals surface area contributed by atoms with Gasteiger partial charge in [0.25, 0.3) is 0 Å². The summed E-state index contributed by atoms with van der Waals surface area (Å²) in [6.07, 6.45) is -4.47. The number of carbonyl (C=O) groups is 2. The highest BCUT2D eigenvalue weighted by Crippen LogP contribution is 2.32. The number of furan rings is 1. The van der Waals surface area contributed by atoms with Crippen LogP contribution < -0.4 is 10.6 Å². The number of hydrogen-bond donors (Lipinski definition) is 2. The molecule has 2 amide bonds. The second-order valence-electron chi connectivity index (χ2n) is 5.16. The summed E-state index contributed by atoms with van der Waals surface area (Å²) in [4.78, 5) is 23.0. The van der Waals surface area contributed by atoms with E-state index in [4.69, 9.17) is 9.15 Å². The van der Waals surface area contributed by atoms with Gasteiger partial charge in [0.1, 0.15) is 12.4 Å². The molecule has 0 aliphatic rings. The van der Waals surface area contributed by atoms with Crippen LogP contribution in [0.3, 0.4) is 0 Å². The van der Waals surface area contributed by atoms with Gasteiger partial charge in [-0.15, -0.1) is 0 Å². The molecule has 1 heterocycles. The summed E-state index contributed by atoms with van der Waals surface area (Å²) in [7, 11) is 0. The topological polar surface area (TPSA) is 80.6 Å². The molecule has 2 rings (SSSR count). The van der Waals surface area contributed by atoms with Crippen molar-refractivity contribution in [2.75, 3.05) is 19.7 Å². The summed E-state index contributed by atoms with van der Waals surface area (Å²) in [5, 5.41) is 4.99. The van der Waals surface area contributed by atoms with Crippen molar-refractivity contribution < 1.29 is 31.9 Å². The number of hydrogen-bond acceptors (Lipinski definition) is 4. The third-order valence-electron chi connectivity index (χ3n) is 3.24. The summed E-state index contributed by atoms with van der Waals surface area (Å²) < 4.78 is 48.5. The Balaban J connectivity index is 1.95. The third kappa shape index (κ3) is 5.27. The van der Waals surface area contributed by atoms with Crippen LogP contribution in [0, 0.1) is 0 Å². The van der Waals surface area contributed by atoms with E-state index < -0.39 is 17.7 Å². The molecule has 0 aliphatic carbocycles. The lowest BCUT2D eigenvalue weighted by Crippen LogP contribution is -2.37. The van der Waals surface area contributed by atoms with Crippen molar-refractivity contribution >= 4 is 12.0 Å². The summed E-state index contributed by atoms with van der Waals surface area (Å²) in [6.45, 7) is 2.27. The Bertz CT molecular complexity index is 771. The molecule has 0 bridgehead atoms. The first-order valence-electron chi connectivity index (χ1n) is 7.77. The lowest BCUT2D eigenvalue weighted by molar-refractivity contribution is -0.137. The van der Waals surface area contributed by atoms with E-state index in [1.54, 1.807) is 6.92 Å². The van der Waals surface area contributed by atoms with Gasteiger partial charge in [-0.25, -0.2) is 9.59 Å². The number of amides is 2. The van der Waals surface area contributed by atoms with Crippen LogP contribution in [0.5, 0.6) is 0 Å². The molecule has 9 heteroatoms. The molecule has 1 aromatic carbocycles. The van der Waals surface area contributed by atoms with Crippen LogP contribution in [0.25, 0.3) is 11.3 Å². The molecule has 0 saturated carbocycles. The molecule has 6 nitrogen and oxygen atoms in total. The Morgan fingerprint density at radius 3 is 2.62 bits per heavy atom. The van der Waals surface area contributed by atoms with Gasteiger partial charge in [-0.05, 0) is 31.2 Å². The molecule has 26 heavy (non-hydrogen) atoms. The van der Waals surface area contributed by atoms with Gasteiger partial charge in [0.15, 0.2) is 0 Å². The second kappa shape index (κ2) is 8.41. The highest BCUT2D eigenvalue weighted by atomic mass is 19.4. The molecule has 0 atom stereocenters. The van der Waals surface area contributed by atoms with Crippen LogP contribution in [0.15, 0.2) is 40.8 Å². The molecule has 2 aromatic rings. The smallest absolute Gasteiger partial charge is 0.416 e. The lowest BCUT2D eigenvalue weighted by Gasteiger charge is -2.07. The molecule has 1 aromatic heterocycles. The van der Waals surface area contributed by atoms with Gasteiger partial charge in [0.2, 0.25) is 5.76 Å². The molecule has 0 spiro atoms. The van der Waals surface area contributed by atoms with E-state index in [0.29, 0.717) is 6.54 Å². The molecule has 0 saturated heterocycles. The normalized spacial score (nSPS) is 11.1. The first-order chi connectivity index (χ1) is 12.3.